The summed E-state index contributed by atoms with van der Waals surface area (Å²) >= 11 is 0. The van der Waals surface area contributed by atoms with E-state index in [1.165, 1.54) is 30.6 Å². The molecular weight excluding hydrogens is 313 g/mol. The molecule has 0 fully saturated rings. The maximum atomic E-state index is 12.4. The SMILES string of the molecule is O=c1c2cnc3ccc(OC(F)(F)F)cc3c2[nH]c2ccnn12. The first-order valence-electron chi connectivity index (χ1n) is 6.47. The Morgan fingerprint density at radius 3 is 2.78 bits per heavy atom. The molecule has 3 heterocycles. The van der Waals surface area contributed by atoms with Gasteiger partial charge in [0.1, 0.15) is 11.4 Å². The number of H-pyrrole nitrogens is 1. The number of rotatable bonds is 1. The molecular formula is C14H7F3N4O2. The predicted molar refractivity (Wildman–Crippen MR) is 75.3 cm³/mol. The molecule has 0 radical (unpaired) electrons. The van der Waals surface area contributed by atoms with Crippen LogP contribution in [0.15, 0.2) is 41.5 Å². The first-order chi connectivity index (χ1) is 10.9. The summed E-state index contributed by atoms with van der Waals surface area (Å²) in [7, 11) is 0. The standard InChI is InChI=1S/C14H7F3N4O2/c15-14(16,17)23-7-1-2-10-8(5-7)12-9(6-18-10)13(22)21-11(20-12)3-4-19-21/h1-6,20H. The Morgan fingerprint density at radius 2 is 2.00 bits per heavy atom. The van der Waals surface area contributed by atoms with Gasteiger partial charge in [-0.2, -0.15) is 9.61 Å². The van der Waals surface area contributed by atoms with E-state index in [0.29, 0.717) is 22.1 Å². The highest BCUT2D eigenvalue weighted by Gasteiger charge is 2.31. The molecule has 4 aromatic rings. The highest BCUT2D eigenvalue weighted by atomic mass is 19.4. The van der Waals surface area contributed by atoms with E-state index in [2.05, 4.69) is 19.8 Å². The fourth-order valence-corrected chi connectivity index (χ4v) is 2.47. The lowest BCUT2D eigenvalue weighted by atomic mass is 10.1. The zero-order valence-electron chi connectivity index (χ0n) is 11.3. The maximum Gasteiger partial charge on any atom is 0.573 e. The third-order valence-electron chi connectivity index (χ3n) is 3.39. The number of halogens is 3. The molecule has 3 aromatic heterocycles. The Kier molecular flexibility index (Phi) is 2.62. The van der Waals surface area contributed by atoms with E-state index in [9.17, 15) is 18.0 Å². The number of hydrogen-bond donors (Lipinski definition) is 1. The van der Waals surface area contributed by atoms with E-state index in [1.807, 2.05) is 0 Å². The molecule has 0 bridgehead atoms. The van der Waals surface area contributed by atoms with Gasteiger partial charge in [-0.25, -0.2) is 0 Å². The Hall–Kier alpha value is -3.10. The van der Waals surface area contributed by atoms with Crippen molar-refractivity contribution in [2.45, 2.75) is 6.36 Å². The molecule has 0 amide bonds. The minimum absolute atomic E-state index is 0.220. The lowest BCUT2D eigenvalue weighted by Crippen LogP contribution is -2.17. The van der Waals surface area contributed by atoms with E-state index in [1.54, 1.807) is 6.07 Å². The van der Waals surface area contributed by atoms with Gasteiger partial charge in [-0.3, -0.25) is 9.78 Å². The van der Waals surface area contributed by atoms with Crippen molar-refractivity contribution in [3.05, 3.63) is 47.0 Å². The van der Waals surface area contributed by atoms with Crippen LogP contribution in [-0.2, 0) is 0 Å². The third-order valence-corrected chi connectivity index (χ3v) is 3.39. The average Bonchev–Trinajstić information content (AvgIpc) is 2.94. The molecule has 0 aliphatic heterocycles. The topological polar surface area (TPSA) is 72.3 Å². The molecule has 0 unspecified atom stereocenters. The van der Waals surface area contributed by atoms with Crippen LogP contribution >= 0.6 is 0 Å². The van der Waals surface area contributed by atoms with Crippen molar-refractivity contribution in [3.63, 3.8) is 0 Å². The number of benzene rings is 1. The Labute approximate surface area is 125 Å². The summed E-state index contributed by atoms with van der Waals surface area (Å²) in [6, 6.07) is 5.35. The van der Waals surface area contributed by atoms with Crippen molar-refractivity contribution in [2.75, 3.05) is 0 Å². The van der Waals surface area contributed by atoms with E-state index < -0.39 is 11.9 Å². The van der Waals surface area contributed by atoms with Crippen LogP contribution in [0.5, 0.6) is 5.75 Å². The van der Waals surface area contributed by atoms with Crippen molar-refractivity contribution >= 4 is 27.5 Å². The highest BCUT2D eigenvalue weighted by Crippen LogP contribution is 2.28. The molecule has 0 atom stereocenters. The van der Waals surface area contributed by atoms with Crippen LogP contribution in [0.1, 0.15) is 0 Å². The number of nitrogens with one attached hydrogen (secondary N) is 1. The van der Waals surface area contributed by atoms with Gasteiger partial charge < -0.3 is 9.72 Å². The predicted octanol–water partition coefficient (Wildman–Crippen LogP) is 2.62. The Balaban J connectivity index is 2.07. The van der Waals surface area contributed by atoms with Gasteiger partial charge in [-0.1, -0.05) is 0 Å². The van der Waals surface area contributed by atoms with Crippen molar-refractivity contribution in [1.29, 1.82) is 0 Å². The van der Waals surface area contributed by atoms with Crippen LogP contribution in [0.3, 0.4) is 0 Å². The van der Waals surface area contributed by atoms with Crippen LogP contribution < -0.4 is 10.3 Å². The number of alkyl halides is 3. The van der Waals surface area contributed by atoms with Crippen molar-refractivity contribution < 1.29 is 17.9 Å². The van der Waals surface area contributed by atoms with E-state index in [-0.39, 0.29) is 11.1 Å². The molecule has 0 spiro atoms. The molecule has 116 valence electrons. The van der Waals surface area contributed by atoms with E-state index >= 15 is 0 Å². The third kappa shape index (κ3) is 2.17. The molecule has 9 heteroatoms. The van der Waals surface area contributed by atoms with Crippen LogP contribution in [0.4, 0.5) is 13.2 Å². The minimum atomic E-state index is -4.79. The Morgan fingerprint density at radius 1 is 1.17 bits per heavy atom. The molecule has 0 aliphatic rings. The quantitative estimate of drug-likeness (QED) is 0.547. The van der Waals surface area contributed by atoms with Crippen LogP contribution in [0, 0.1) is 0 Å². The first kappa shape index (κ1) is 13.6. The van der Waals surface area contributed by atoms with Gasteiger partial charge in [0.2, 0.25) is 0 Å². The minimum Gasteiger partial charge on any atom is -0.406 e. The summed E-state index contributed by atoms with van der Waals surface area (Å²) < 4.78 is 42.2. The van der Waals surface area contributed by atoms with Gasteiger partial charge in [0.05, 0.1) is 22.6 Å². The molecule has 23 heavy (non-hydrogen) atoms. The van der Waals surface area contributed by atoms with E-state index in [4.69, 9.17) is 0 Å². The van der Waals surface area contributed by atoms with E-state index in [0.717, 1.165) is 4.52 Å². The first-order valence-corrected chi connectivity index (χ1v) is 6.47. The highest BCUT2D eigenvalue weighted by molar-refractivity contribution is 6.03. The molecule has 6 nitrogen and oxygen atoms in total. The summed E-state index contributed by atoms with van der Waals surface area (Å²) in [5, 5.41) is 4.46. The van der Waals surface area contributed by atoms with Gasteiger partial charge in [-0.15, -0.1) is 13.2 Å². The summed E-state index contributed by atoms with van der Waals surface area (Å²) in [5.74, 6) is -0.381. The number of fused-ring (bicyclic) bond motifs is 4. The van der Waals surface area contributed by atoms with Gasteiger partial charge in [0.15, 0.2) is 0 Å². The fourth-order valence-electron chi connectivity index (χ4n) is 2.47. The molecule has 0 saturated carbocycles. The molecule has 1 N–H and O–H groups in total. The molecule has 1 aromatic carbocycles. The summed E-state index contributed by atoms with van der Waals surface area (Å²) in [4.78, 5) is 19.4. The lowest BCUT2D eigenvalue weighted by molar-refractivity contribution is -0.274. The van der Waals surface area contributed by atoms with Gasteiger partial charge in [0, 0.05) is 17.6 Å². The second-order valence-electron chi connectivity index (χ2n) is 4.83. The Bertz CT molecular complexity index is 1110. The summed E-state index contributed by atoms with van der Waals surface area (Å²) in [5.41, 5.74) is 0.833. The average molecular weight is 320 g/mol. The van der Waals surface area contributed by atoms with Crippen LogP contribution in [0.25, 0.3) is 27.5 Å². The van der Waals surface area contributed by atoms with Crippen LogP contribution in [-0.4, -0.2) is 25.9 Å². The van der Waals surface area contributed by atoms with Crippen LogP contribution in [0.2, 0.25) is 0 Å². The lowest BCUT2D eigenvalue weighted by Gasteiger charge is -2.10. The van der Waals surface area contributed by atoms with Crippen molar-refractivity contribution in [1.82, 2.24) is 19.6 Å². The molecule has 0 aliphatic carbocycles. The molecule has 4 rings (SSSR count). The number of nitrogens with zero attached hydrogens (tertiary/aromatic N) is 3. The largest absolute Gasteiger partial charge is 0.573 e. The summed E-state index contributed by atoms with van der Waals surface area (Å²) in [6.45, 7) is 0. The second-order valence-corrected chi connectivity index (χ2v) is 4.83. The number of hydrogen-bond acceptors (Lipinski definition) is 4. The van der Waals surface area contributed by atoms with Crippen molar-refractivity contribution in [2.24, 2.45) is 0 Å². The normalized spacial score (nSPS) is 12.3. The summed E-state index contributed by atoms with van der Waals surface area (Å²) in [6.07, 6.45) is -1.99. The van der Waals surface area contributed by atoms with Gasteiger partial charge in [0.25, 0.3) is 5.56 Å². The zero-order valence-corrected chi connectivity index (χ0v) is 11.3. The zero-order chi connectivity index (χ0) is 16.2. The second kappa shape index (κ2) is 4.45. The maximum absolute atomic E-state index is 12.4. The molecule has 0 saturated heterocycles. The number of aromatic amines is 1. The number of aromatic nitrogens is 4. The smallest absolute Gasteiger partial charge is 0.406 e. The van der Waals surface area contributed by atoms with Gasteiger partial charge in [-0.05, 0) is 18.2 Å². The number of ether oxygens (including phenoxy) is 1. The number of pyridine rings is 1. The fraction of sp³-hybridized carbons (Fsp3) is 0.0714. The van der Waals surface area contributed by atoms with Gasteiger partial charge >= 0.3 is 6.36 Å². The monoisotopic (exact) mass is 320 g/mol. The van der Waals surface area contributed by atoms with Crippen molar-refractivity contribution in [3.8, 4) is 5.75 Å².